The van der Waals surface area contributed by atoms with Crippen molar-refractivity contribution < 1.29 is 14.3 Å². The van der Waals surface area contributed by atoms with Crippen LogP contribution in [0.25, 0.3) is 16.8 Å². The van der Waals surface area contributed by atoms with Crippen molar-refractivity contribution in [1.82, 2.24) is 0 Å². The van der Waals surface area contributed by atoms with E-state index >= 15 is 0 Å². The van der Waals surface area contributed by atoms with Crippen LogP contribution in [-0.4, -0.2) is 18.5 Å². The Morgan fingerprint density at radius 1 is 1.00 bits per heavy atom. The van der Waals surface area contributed by atoms with Crippen molar-refractivity contribution in [3.63, 3.8) is 0 Å². The summed E-state index contributed by atoms with van der Waals surface area (Å²) < 4.78 is 11.2. The van der Waals surface area contributed by atoms with Gasteiger partial charge >= 0.3 is 5.97 Å². The molecule has 0 N–H and O–H groups in total. The van der Waals surface area contributed by atoms with Gasteiger partial charge in [0, 0.05) is 11.1 Å². The maximum Gasteiger partial charge on any atom is 0.363 e. The van der Waals surface area contributed by atoms with E-state index in [1.165, 1.54) is 0 Å². The number of nitrogens with zero attached hydrogens (tertiary/aromatic N) is 1. The molecule has 134 valence electrons. The average Bonchev–Trinajstić information content (AvgIpc) is 3.07. The number of rotatable bonds is 5. The fraction of sp³-hybridized carbons (Fsp3) is 0.130. The molecule has 0 aliphatic carbocycles. The molecule has 1 heterocycles. The first-order valence-corrected chi connectivity index (χ1v) is 8.98. The molecule has 4 heteroatoms. The number of hydrogen-bond donors (Lipinski definition) is 0. The molecule has 0 fully saturated rings. The number of esters is 1. The molecule has 0 bridgehead atoms. The highest BCUT2D eigenvalue weighted by atomic mass is 16.6. The molecule has 0 saturated carbocycles. The van der Waals surface area contributed by atoms with Crippen LogP contribution in [-0.2, 0) is 9.53 Å². The Morgan fingerprint density at radius 3 is 2.63 bits per heavy atom. The number of para-hydroxylation sites is 1. The van der Waals surface area contributed by atoms with E-state index in [0.717, 1.165) is 34.1 Å². The topological polar surface area (TPSA) is 47.9 Å². The first-order valence-electron chi connectivity index (χ1n) is 8.98. The van der Waals surface area contributed by atoms with Crippen LogP contribution in [0.4, 0.5) is 0 Å². The minimum absolute atomic E-state index is 0.269. The Morgan fingerprint density at radius 2 is 1.78 bits per heavy atom. The first kappa shape index (κ1) is 17.0. The summed E-state index contributed by atoms with van der Waals surface area (Å²) in [7, 11) is 0. The second kappa shape index (κ2) is 7.46. The van der Waals surface area contributed by atoms with Crippen molar-refractivity contribution in [1.29, 1.82) is 0 Å². The van der Waals surface area contributed by atoms with E-state index in [9.17, 15) is 4.79 Å². The highest BCUT2D eigenvalue weighted by Gasteiger charge is 2.24. The quantitative estimate of drug-likeness (QED) is 0.478. The number of cyclic esters (lactones) is 1. The highest BCUT2D eigenvalue weighted by molar-refractivity contribution is 6.13. The van der Waals surface area contributed by atoms with Gasteiger partial charge in [-0.25, -0.2) is 9.79 Å². The highest BCUT2D eigenvalue weighted by Crippen LogP contribution is 2.25. The molecule has 0 aromatic heterocycles. The molecule has 3 aromatic carbocycles. The van der Waals surface area contributed by atoms with E-state index in [0.29, 0.717) is 12.5 Å². The van der Waals surface area contributed by atoms with Crippen molar-refractivity contribution >= 4 is 28.7 Å². The molecule has 27 heavy (non-hydrogen) atoms. The number of ether oxygens (including phenoxy) is 2. The van der Waals surface area contributed by atoms with Gasteiger partial charge in [-0.05, 0) is 41.5 Å². The third-order valence-corrected chi connectivity index (χ3v) is 4.29. The summed E-state index contributed by atoms with van der Waals surface area (Å²) >= 11 is 0. The van der Waals surface area contributed by atoms with Crippen molar-refractivity contribution in [3.05, 3.63) is 83.6 Å². The van der Waals surface area contributed by atoms with Crippen LogP contribution in [0.5, 0.6) is 5.75 Å². The number of aliphatic imine (C=N–C) groups is 1. The fourth-order valence-corrected chi connectivity index (χ4v) is 2.95. The number of hydrogen-bond acceptors (Lipinski definition) is 4. The van der Waals surface area contributed by atoms with Crippen molar-refractivity contribution in [2.45, 2.75) is 13.3 Å². The lowest BCUT2D eigenvalue weighted by molar-refractivity contribution is -0.129. The normalized spacial score (nSPS) is 15.1. The van der Waals surface area contributed by atoms with E-state index in [1.807, 2.05) is 66.7 Å². The molecule has 4 rings (SSSR count). The Bertz CT molecular complexity index is 1070. The lowest BCUT2D eigenvalue weighted by Crippen LogP contribution is -2.05. The van der Waals surface area contributed by atoms with Gasteiger partial charge in [-0.3, -0.25) is 0 Å². The van der Waals surface area contributed by atoms with Crippen LogP contribution in [0.15, 0.2) is 77.4 Å². The molecule has 3 aromatic rings. The standard InChI is InChI=1S/C23H19NO3/c1-2-13-26-21-10-6-5-9-18(21)15-20-23(25)27-22(24-20)19-12-11-16-7-3-4-8-17(16)14-19/h3-12,14-15H,2,13H2,1H3/b20-15-. The van der Waals surface area contributed by atoms with Crippen molar-refractivity contribution in [3.8, 4) is 5.75 Å². The summed E-state index contributed by atoms with van der Waals surface area (Å²) in [6.07, 6.45) is 2.62. The molecule has 0 saturated heterocycles. The summed E-state index contributed by atoms with van der Waals surface area (Å²) in [5.74, 6) is 0.599. The molecule has 1 aliphatic heterocycles. The van der Waals surface area contributed by atoms with Gasteiger partial charge in [0.2, 0.25) is 5.90 Å². The second-order valence-corrected chi connectivity index (χ2v) is 6.28. The number of carbonyl (C=O) groups excluding carboxylic acids is 1. The number of fused-ring (bicyclic) bond motifs is 1. The summed E-state index contributed by atoms with van der Waals surface area (Å²) in [5, 5.41) is 2.20. The van der Waals surface area contributed by atoms with Crippen LogP contribution in [0, 0.1) is 0 Å². The predicted molar refractivity (Wildman–Crippen MR) is 107 cm³/mol. The molecule has 4 nitrogen and oxygen atoms in total. The minimum atomic E-state index is -0.455. The lowest BCUT2D eigenvalue weighted by atomic mass is 10.1. The van der Waals surface area contributed by atoms with Gasteiger partial charge < -0.3 is 9.47 Å². The molecule has 0 atom stereocenters. The van der Waals surface area contributed by atoms with Gasteiger partial charge in [-0.15, -0.1) is 0 Å². The van der Waals surface area contributed by atoms with Crippen LogP contribution < -0.4 is 4.74 Å². The summed E-state index contributed by atoms with van der Waals surface area (Å²) in [4.78, 5) is 16.7. The van der Waals surface area contributed by atoms with Gasteiger partial charge in [-0.2, -0.15) is 0 Å². The Kier molecular flexibility index (Phi) is 4.71. The summed E-state index contributed by atoms with van der Waals surface area (Å²) in [5.41, 5.74) is 1.85. The predicted octanol–water partition coefficient (Wildman–Crippen LogP) is 4.97. The smallest absolute Gasteiger partial charge is 0.363 e. The first-order chi connectivity index (χ1) is 13.2. The second-order valence-electron chi connectivity index (χ2n) is 6.28. The third kappa shape index (κ3) is 3.60. The summed E-state index contributed by atoms with van der Waals surface area (Å²) in [6.45, 7) is 2.67. The molecule has 0 unspecified atom stereocenters. The lowest BCUT2D eigenvalue weighted by Gasteiger charge is -2.07. The minimum Gasteiger partial charge on any atom is -0.493 e. The summed E-state index contributed by atoms with van der Waals surface area (Å²) in [6, 6.07) is 21.5. The average molecular weight is 357 g/mol. The third-order valence-electron chi connectivity index (χ3n) is 4.29. The van der Waals surface area contributed by atoms with Gasteiger partial charge in [0.15, 0.2) is 5.70 Å². The SMILES string of the molecule is CCCOc1ccccc1/C=C1\N=C(c2ccc3ccccc3c2)OC1=O. The Labute approximate surface area is 157 Å². The largest absolute Gasteiger partial charge is 0.493 e. The number of carbonyl (C=O) groups is 1. The molecule has 1 aliphatic rings. The maximum atomic E-state index is 12.3. The van der Waals surface area contributed by atoms with Crippen LogP contribution in [0.3, 0.4) is 0 Å². The van der Waals surface area contributed by atoms with Gasteiger partial charge in [0.1, 0.15) is 5.75 Å². The van der Waals surface area contributed by atoms with Gasteiger partial charge in [-0.1, -0.05) is 55.5 Å². The maximum absolute atomic E-state index is 12.3. The Hall–Kier alpha value is -3.40. The van der Waals surface area contributed by atoms with Gasteiger partial charge in [0.05, 0.1) is 6.61 Å². The van der Waals surface area contributed by atoms with Crippen LogP contribution >= 0.6 is 0 Å². The van der Waals surface area contributed by atoms with E-state index in [4.69, 9.17) is 9.47 Å². The molecule has 0 spiro atoms. The van der Waals surface area contributed by atoms with Crippen LogP contribution in [0.1, 0.15) is 24.5 Å². The zero-order chi connectivity index (χ0) is 18.6. The zero-order valence-corrected chi connectivity index (χ0v) is 15.0. The fourth-order valence-electron chi connectivity index (χ4n) is 2.95. The molecule has 0 radical (unpaired) electrons. The van der Waals surface area contributed by atoms with Crippen molar-refractivity contribution in [2.75, 3.05) is 6.61 Å². The van der Waals surface area contributed by atoms with E-state index in [1.54, 1.807) is 6.08 Å². The molecular weight excluding hydrogens is 338 g/mol. The van der Waals surface area contributed by atoms with E-state index < -0.39 is 5.97 Å². The monoisotopic (exact) mass is 357 g/mol. The molecular formula is C23H19NO3. The van der Waals surface area contributed by atoms with Crippen molar-refractivity contribution in [2.24, 2.45) is 4.99 Å². The number of benzene rings is 3. The van der Waals surface area contributed by atoms with E-state index in [-0.39, 0.29) is 5.70 Å². The van der Waals surface area contributed by atoms with Crippen LogP contribution in [0.2, 0.25) is 0 Å². The zero-order valence-electron chi connectivity index (χ0n) is 15.0. The Balaban J connectivity index is 1.67. The molecule has 0 amide bonds. The van der Waals surface area contributed by atoms with Gasteiger partial charge in [0.25, 0.3) is 0 Å². The van der Waals surface area contributed by atoms with E-state index in [2.05, 4.69) is 11.9 Å².